The number of amides is 1. The summed E-state index contributed by atoms with van der Waals surface area (Å²) in [4.78, 5) is 15.0. The molecule has 0 spiro atoms. The highest BCUT2D eigenvalue weighted by molar-refractivity contribution is 6.02. The molecule has 4 heteroatoms. The van der Waals surface area contributed by atoms with Crippen molar-refractivity contribution in [2.45, 2.75) is 44.8 Å². The Labute approximate surface area is 148 Å². The summed E-state index contributed by atoms with van der Waals surface area (Å²) in [6, 6.07) is 16.3. The normalized spacial score (nSPS) is 19.3. The zero-order chi connectivity index (χ0) is 17.2. The molecule has 1 saturated carbocycles. The molecule has 1 aliphatic carbocycles. The van der Waals surface area contributed by atoms with Gasteiger partial charge in [-0.05, 0) is 49.1 Å². The molecule has 4 rings (SSSR count). The minimum atomic E-state index is -0.111. The second-order valence-corrected chi connectivity index (χ2v) is 6.81. The van der Waals surface area contributed by atoms with Crippen LogP contribution in [0.5, 0.6) is 5.75 Å². The molecular formula is C21H24N2O2. The maximum atomic E-state index is 13.0. The van der Waals surface area contributed by atoms with Crippen LogP contribution < -0.4 is 10.1 Å². The Bertz CT molecular complexity index is 753. The number of hydrogen-bond donors (Lipinski definition) is 1. The van der Waals surface area contributed by atoms with Gasteiger partial charge in [0.05, 0.1) is 12.2 Å². The van der Waals surface area contributed by atoms with Gasteiger partial charge in [-0.1, -0.05) is 37.6 Å². The van der Waals surface area contributed by atoms with Crippen molar-refractivity contribution < 1.29 is 9.53 Å². The molecule has 0 radical (unpaired) electrons. The second kappa shape index (κ2) is 6.79. The Morgan fingerprint density at radius 2 is 1.88 bits per heavy atom. The number of carbonyl (C=O) groups excluding carboxylic acids is 1. The highest BCUT2D eigenvalue weighted by Gasteiger charge is 2.41. The number of rotatable bonds is 6. The van der Waals surface area contributed by atoms with Crippen LogP contribution in [0.2, 0.25) is 0 Å². The van der Waals surface area contributed by atoms with Gasteiger partial charge in [0, 0.05) is 11.7 Å². The number of anilines is 1. The minimum Gasteiger partial charge on any atom is -0.494 e. The Balaban J connectivity index is 1.59. The molecule has 25 heavy (non-hydrogen) atoms. The monoisotopic (exact) mass is 336 g/mol. The van der Waals surface area contributed by atoms with Crippen molar-refractivity contribution in [3.05, 3.63) is 59.7 Å². The van der Waals surface area contributed by atoms with E-state index in [2.05, 4.69) is 24.4 Å². The van der Waals surface area contributed by atoms with Gasteiger partial charge in [0.25, 0.3) is 5.91 Å². The summed E-state index contributed by atoms with van der Waals surface area (Å²) < 4.78 is 5.75. The third-order valence-electron chi connectivity index (χ3n) is 4.87. The predicted molar refractivity (Wildman–Crippen MR) is 98.8 cm³/mol. The van der Waals surface area contributed by atoms with E-state index in [1.54, 1.807) is 0 Å². The molecule has 2 aromatic rings. The molecule has 1 heterocycles. The molecule has 2 aliphatic rings. The first kappa shape index (κ1) is 16.0. The van der Waals surface area contributed by atoms with Gasteiger partial charge in [0.2, 0.25) is 0 Å². The van der Waals surface area contributed by atoms with E-state index in [0.29, 0.717) is 6.04 Å². The number of carbonyl (C=O) groups is 1. The first-order valence-electron chi connectivity index (χ1n) is 9.19. The van der Waals surface area contributed by atoms with Gasteiger partial charge in [-0.25, -0.2) is 0 Å². The maximum Gasteiger partial charge on any atom is 0.258 e. The quantitative estimate of drug-likeness (QED) is 0.784. The molecule has 2 aromatic carbocycles. The number of benzene rings is 2. The third kappa shape index (κ3) is 3.21. The van der Waals surface area contributed by atoms with Crippen LogP contribution in [-0.2, 0) is 0 Å². The molecule has 1 aliphatic heterocycles. The van der Waals surface area contributed by atoms with Gasteiger partial charge in [0.1, 0.15) is 11.9 Å². The highest BCUT2D eigenvalue weighted by atomic mass is 16.5. The maximum absolute atomic E-state index is 13.0. The van der Waals surface area contributed by atoms with Crippen LogP contribution in [-0.4, -0.2) is 23.5 Å². The third-order valence-corrected chi connectivity index (χ3v) is 4.87. The first-order chi connectivity index (χ1) is 12.3. The van der Waals surface area contributed by atoms with E-state index in [0.717, 1.165) is 54.9 Å². The van der Waals surface area contributed by atoms with Crippen molar-refractivity contribution in [3.8, 4) is 5.75 Å². The molecule has 0 saturated heterocycles. The van der Waals surface area contributed by atoms with Crippen molar-refractivity contribution in [2.24, 2.45) is 0 Å². The van der Waals surface area contributed by atoms with Crippen molar-refractivity contribution in [1.29, 1.82) is 0 Å². The lowest BCUT2D eigenvalue weighted by molar-refractivity contribution is 0.0666. The van der Waals surface area contributed by atoms with E-state index in [9.17, 15) is 4.79 Å². The fourth-order valence-electron chi connectivity index (χ4n) is 3.32. The van der Waals surface area contributed by atoms with E-state index >= 15 is 0 Å². The lowest BCUT2D eigenvalue weighted by Gasteiger charge is -2.38. The number of fused-ring (bicyclic) bond motifs is 1. The number of ether oxygens (including phenoxy) is 1. The number of unbranched alkanes of at least 4 members (excludes halogenated alkanes) is 1. The SMILES string of the molecule is CCCCOc1ccc([C@H]2Nc3ccccc3C(=O)N2C2CC2)cc1. The Morgan fingerprint density at radius 3 is 2.60 bits per heavy atom. The number of nitrogens with zero attached hydrogens (tertiary/aromatic N) is 1. The van der Waals surface area contributed by atoms with Gasteiger partial charge in [-0.15, -0.1) is 0 Å². The summed E-state index contributed by atoms with van der Waals surface area (Å²) in [6.45, 7) is 2.90. The average Bonchev–Trinajstić information content (AvgIpc) is 3.47. The lowest BCUT2D eigenvalue weighted by atomic mass is 10.0. The van der Waals surface area contributed by atoms with Crippen molar-refractivity contribution >= 4 is 11.6 Å². The van der Waals surface area contributed by atoms with Gasteiger partial charge >= 0.3 is 0 Å². The van der Waals surface area contributed by atoms with E-state index < -0.39 is 0 Å². The van der Waals surface area contributed by atoms with Crippen molar-refractivity contribution in [2.75, 3.05) is 11.9 Å². The molecule has 1 fully saturated rings. The van der Waals surface area contributed by atoms with Crippen LogP contribution >= 0.6 is 0 Å². The fourth-order valence-corrected chi connectivity index (χ4v) is 3.32. The van der Waals surface area contributed by atoms with E-state index in [-0.39, 0.29) is 12.1 Å². The Hall–Kier alpha value is -2.49. The van der Waals surface area contributed by atoms with E-state index in [4.69, 9.17) is 4.74 Å². The van der Waals surface area contributed by atoms with E-state index in [1.807, 2.05) is 41.3 Å². The molecule has 1 atom stereocenters. The minimum absolute atomic E-state index is 0.111. The van der Waals surface area contributed by atoms with Crippen LogP contribution in [0.25, 0.3) is 0 Å². The molecule has 0 unspecified atom stereocenters. The largest absolute Gasteiger partial charge is 0.494 e. The zero-order valence-electron chi connectivity index (χ0n) is 14.6. The Kier molecular flexibility index (Phi) is 4.35. The number of hydrogen-bond acceptors (Lipinski definition) is 3. The van der Waals surface area contributed by atoms with Crippen molar-refractivity contribution in [3.63, 3.8) is 0 Å². The van der Waals surface area contributed by atoms with Crippen LogP contribution in [0.4, 0.5) is 5.69 Å². The van der Waals surface area contributed by atoms with Crippen LogP contribution in [0, 0.1) is 0 Å². The second-order valence-electron chi connectivity index (χ2n) is 6.81. The summed E-state index contributed by atoms with van der Waals surface area (Å²) in [5.41, 5.74) is 2.78. The van der Waals surface area contributed by atoms with Gasteiger partial charge in [-0.3, -0.25) is 4.79 Å². The van der Waals surface area contributed by atoms with Crippen molar-refractivity contribution in [1.82, 2.24) is 4.90 Å². The van der Waals surface area contributed by atoms with Gasteiger partial charge < -0.3 is 15.0 Å². The summed E-state index contributed by atoms with van der Waals surface area (Å²) in [5, 5.41) is 3.55. The standard InChI is InChI=1S/C21H24N2O2/c1-2-3-14-25-17-12-8-15(9-13-17)20-22-19-7-5-4-6-18(19)21(24)23(20)16-10-11-16/h4-9,12-13,16,20,22H,2-3,10-11,14H2,1H3/t20-/m0/s1. The van der Waals surface area contributed by atoms with Crippen LogP contribution in [0.3, 0.4) is 0 Å². The summed E-state index contributed by atoms with van der Waals surface area (Å²) in [5.74, 6) is 1.02. The van der Waals surface area contributed by atoms with Gasteiger partial charge in [0.15, 0.2) is 0 Å². The summed E-state index contributed by atoms with van der Waals surface area (Å²) >= 11 is 0. The molecule has 4 nitrogen and oxygen atoms in total. The number of nitrogens with one attached hydrogen (secondary N) is 1. The first-order valence-corrected chi connectivity index (χ1v) is 9.19. The molecule has 1 amide bonds. The topological polar surface area (TPSA) is 41.6 Å². The molecule has 130 valence electrons. The Morgan fingerprint density at radius 1 is 1.12 bits per heavy atom. The number of para-hydroxylation sites is 1. The lowest BCUT2D eigenvalue weighted by Crippen LogP contribution is -2.44. The average molecular weight is 336 g/mol. The summed E-state index contributed by atoms with van der Waals surface area (Å²) in [6.07, 6.45) is 4.25. The van der Waals surface area contributed by atoms with Gasteiger partial charge in [-0.2, -0.15) is 0 Å². The molecule has 0 aromatic heterocycles. The zero-order valence-corrected chi connectivity index (χ0v) is 14.6. The van der Waals surface area contributed by atoms with E-state index in [1.165, 1.54) is 0 Å². The highest BCUT2D eigenvalue weighted by Crippen LogP contribution is 2.40. The molecule has 1 N–H and O–H groups in total. The van der Waals surface area contributed by atoms with Crippen LogP contribution in [0.1, 0.15) is 54.7 Å². The summed E-state index contributed by atoms with van der Waals surface area (Å²) in [7, 11) is 0. The smallest absolute Gasteiger partial charge is 0.258 e. The molecule has 0 bridgehead atoms. The predicted octanol–water partition coefficient (Wildman–Crippen LogP) is 4.59. The molecular weight excluding hydrogens is 312 g/mol. The fraction of sp³-hybridized carbons (Fsp3) is 0.381. The van der Waals surface area contributed by atoms with Crippen LogP contribution in [0.15, 0.2) is 48.5 Å².